The van der Waals surface area contributed by atoms with Crippen LogP contribution in [0, 0.1) is 0 Å². The molecule has 0 aliphatic carbocycles. The molecule has 0 spiro atoms. The van der Waals surface area contributed by atoms with Crippen LogP contribution in [0.2, 0.25) is 0 Å². The molecule has 0 aliphatic heterocycles. The van der Waals surface area contributed by atoms with Gasteiger partial charge in [0.25, 0.3) is 0 Å². The highest BCUT2D eigenvalue weighted by Gasteiger charge is 1.86. The van der Waals surface area contributed by atoms with Gasteiger partial charge in [-0.2, -0.15) is 0 Å². The molecule has 1 rings (SSSR count). The Hall–Kier alpha value is -1.61. The minimum Gasteiger partial charge on any atom is -0.261 e. The first-order valence-electron chi connectivity index (χ1n) is 2.69. The number of hydrogen-bond donors (Lipinski definition) is 0. The SMILES string of the molecule is C.[N-]=[N+]=NCc1cnccn1. The highest BCUT2D eigenvalue weighted by molar-refractivity contribution is 4.93. The molecule has 11 heavy (non-hydrogen) atoms. The van der Waals surface area contributed by atoms with Crippen molar-refractivity contribution in [3.05, 3.63) is 34.7 Å². The Morgan fingerprint density at radius 2 is 2.36 bits per heavy atom. The van der Waals surface area contributed by atoms with Gasteiger partial charge in [0.05, 0.1) is 12.2 Å². The quantitative estimate of drug-likeness (QED) is 0.368. The van der Waals surface area contributed by atoms with E-state index in [2.05, 4.69) is 20.0 Å². The number of nitrogens with zero attached hydrogens (tertiary/aromatic N) is 5. The maximum Gasteiger partial charge on any atom is 0.0699 e. The lowest BCUT2D eigenvalue weighted by atomic mass is 10.5. The van der Waals surface area contributed by atoms with Crippen LogP contribution in [0.4, 0.5) is 0 Å². The van der Waals surface area contributed by atoms with Crippen molar-refractivity contribution in [2.75, 3.05) is 0 Å². The van der Waals surface area contributed by atoms with Crippen molar-refractivity contribution >= 4 is 0 Å². The Morgan fingerprint density at radius 3 is 2.91 bits per heavy atom. The standard InChI is InChI=1S/C5H5N5.CH4/c6-10-9-4-5-3-7-1-2-8-5;/h1-3H,4H2;1H4. The molecule has 0 N–H and O–H groups in total. The van der Waals surface area contributed by atoms with Gasteiger partial charge in [0.2, 0.25) is 0 Å². The summed E-state index contributed by atoms with van der Waals surface area (Å²) in [5.41, 5.74) is 8.62. The number of rotatable bonds is 2. The highest BCUT2D eigenvalue weighted by atomic mass is 15.1. The third-order valence-corrected chi connectivity index (χ3v) is 0.913. The Labute approximate surface area is 64.7 Å². The molecule has 0 amide bonds. The van der Waals surface area contributed by atoms with Crippen LogP contribution in [0.15, 0.2) is 23.7 Å². The average Bonchev–Trinajstić information content (AvgIpc) is 2.03. The normalized spacial score (nSPS) is 7.64. The smallest absolute Gasteiger partial charge is 0.0699 e. The van der Waals surface area contributed by atoms with Crippen molar-refractivity contribution in [3.8, 4) is 0 Å². The zero-order chi connectivity index (χ0) is 7.23. The zero-order valence-electron chi connectivity index (χ0n) is 5.18. The lowest BCUT2D eigenvalue weighted by Gasteiger charge is -1.88. The third-order valence-electron chi connectivity index (χ3n) is 0.913. The van der Waals surface area contributed by atoms with Crippen LogP contribution in [0.3, 0.4) is 0 Å². The summed E-state index contributed by atoms with van der Waals surface area (Å²) in [4.78, 5) is 10.3. The van der Waals surface area contributed by atoms with E-state index in [1.54, 1.807) is 18.6 Å². The second-order valence-electron chi connectivity index (χ2n) is 1.59. The summed E-state index contributed by atoms with van der Waals surface area (Å²) in [6.07, 6.45) is 4.69. The van der Waals surface area contributed by atoms with Crippen molar-refractivity contribution in [1.29, 1.82) is 0 Å². The van der Waals surface area contributed by atoms with Crippen LogP contribution in [0.25, 0.3) is 10.4 Å². The van der Waals surface area contributed by atoms with Gasteiger partial charge in [-0.1, -0.05) is 12.5 Å². The molecule has 58 valence electrons. The molecule has 1 aromatic heterocycles. The second kappa shape index (κ2) is 5.20. The van der Waals surface area contributed by atoms with Gasteiger partial charge in [-0.15, -0.1) is 0 Å². The molecule has 0 radical (unpaired) electrons. The third kappa shape index (κ3) is 3.17. The molecule has 0 saturated carbocycles. The largest absolute Gasteiger partial charge is 0.261 e. The van der Waals surface area contributed by atoms with E-state index >= 15 is 0 Å². The Kier molecular flexibility index (Phi) is 4.44. The van der Waals surface area contributed by atoms with Gasteiger partial charge >= 0.3 is 0 Å². The zero-order valence-corrected chi connectivity index (χ0v) is 5.18. The fourth-order valence-corrected chi connectivity index (χ4v) is 0.516. The summed E-state index contributed by atoms with van der Waals surface area (Å²) in [7, 11) is 0. The number of aromatic nitrogens is 2. The molecule has 5 nitrogen and oxygen atoms in total. The van der Waals surface area contributed by atoms with Crippen molar-refractivity contribution in [3.63, 3.8) is 0 Å². The first-order chi connectivity index (χ1) is 4.93. The minimum atomic E-state index is 0. The number of azide groups is 1. The fourth-order valence-electron chi connectivity index (χ4n) is 0.516. The Bertz CT molecular complexity index is 238. The molecule has 0 atom stereocenters. The van der Waals surface area contributed by atoms with Crippen LogP contribution in [-0.2, 0) is 6.54 Å². The minimum absolute atomic E-state index is 0. The van der Waals surface area contributed by atoms with E-state index in [1.807, 2.05) is 0 Å². The Morgan fingerprint density at radius 1 is 1.55 bits per heavy atom. The van der Waals surface area contributed by atoms with Crippen molar-refractivity contribution in [1.82, 2.24) is 9.97 Å². The van der Waals surface area contributed by atoms with Crippen LogP contribution in [0.1, 0.15) is 13.1 Å². The van der Waals surface area contributed by atoms with Gasteiger partial charge < -0.3 is 0 Å². The summed E-state index contributed by atoms with van der Waals surface area (Å²) in [5.74, 6) is 0. The second-order valence-corrected chi connectivity index (χ2v) is 1.59. The molecule has 0 saturated heterocycles. The van der Waals surface area contributed by atoms with E-state index in [9.17, 15) is 0 Å². The first-order valence-corrected chi connectivity index (χ1v) is 2.69. The lowest BCUT2D eigenvalue weighted by molar-refractivity contribution is 0.952. The van der Waals surface area contributed by atoms with Gasteiger partial charge in [-0.25, -0.2) is 0 Å². The highest BCUT2D eigenvalue weighted by Crippen LogP contribution is 1.91. The van der Waals surface area contributed by atoms with Gasteiger partial charge in [0, 0.05) is 23.5 Å². The first kappa shape index (κ1) is 9.39. The fraction of sp³-hybridized carbons (Fsp3) is 0.333. The predicted octanol–water partition coefficient (Wildman–Crippen LogP) is 1.92. The summed E-state index contributed by atoms with van der Waals surface area (Å²) in [6.45, 7) is 0.268. The van der Waals surface area contributed by atoms with E-state index in [0.717, 1.165) is 0 Å². The molecule has 1 heterocycles. The molecular weight excluding hydrogens is 142 g/mol. The molecule has 0 unspecified atom stereocenters. The van der Waals surface area contributed by atoms with Crippen LogP contribution < -0.4 is 0 Å². The monoisotopic (exact) mass is 151 g/mol. The van der Waals surface area contributed by atoms with Crippen LogP contribution in [0.5, 0.6) is 0 Å². The maximum absolute atomic E-state index is 7.94. The molecule has 0 aliphatic rings. The van der Waals surface area contributed by atoms with Crippen molar-refractivity contribution in [2.24, 2.45) is 5.11 Å². The molecule has 0 aromatic carbocycles. The van der Waals surface area contributed by atoms with E-state index in [4.69, 9.17) is 5.53 Å². The molecule has 0 bridgehead atoms. The van der Waals surface area contributed by atoms with Gasteiger partial charge in [0.15, 0.2) is 0 Å². The van der Waals surface area contributed by atoms with Gasteiger partial charge in [-0.3, -0.25) is 9.97 Å². The van der Waals surface area contributed by atoms with Gasteiger partial charge in [-0.05, 0) is 5.53 Å². The van der Waals surface area contributed by atoms with Gasteiger partial charge in [0.1, 0.15) is 0 Å². The topological polar surface area (TPSA) is 74.5 Å². The molecular formula is C6H9N5. The van der Waals surface area contributed by atoms with E-state index in [0.29, 0.717) is 5.69 Å². The summed E-state index contributed by atoms with van der Waals surface area (Å²) < 4.78 is 0. The van der Waals surface area contributed by atoms with Crippen LogP contribution in [-0.4, -0.2) is 9.97 Å². The van der Waals surface area contributed by atoms with E-state index in [1.165, 1.54) is 0 Å². The Balaban J connectivity index is 0.000001000. The lowest BCUT2D eigenvalue weighted by Crippen LogP contribution is -1.85. The molecule has 5 heteroatoms. The van der Waals surface area contributed by atoms with Crippen LogP contribution >= 0.6 is 0 Å². The molecule has 1 aromatic rings. The van der Waals surface area contributed by atoms with E-state index < -0.39 is 0 Å². The van der Waals surface area contributed by atoms with Crippen molar-refractivity contribution in [2.45, 2.75) is 14.0 Å². The number of hydrogen-bond acceptors (Lipinski definition) is 3. The summed E-state index contributed by atoms with van der Waals surface area (Å²) in [6, 6.07) is 0. The summed E-state index contributed by atoms with van der Waals surface area (Å²) in [5, 5.41) is 3.32. The van der Waals surface area contributed by atoms with Crippen molar-refractivity contribution < 1.29 is 0 Å². The van der Waals surface area contributed by atoms with E-state index in [-0.39, 0.29) is 14.0 Å². The maximum atomic E-state index is 7.94. The summed E-state index contributed by atoms with van der Waals surface area (Å²) >= 11 is 0. The predicted molar refractivity (Wildman–Crippen MR) is 41.6 cm³/mol. The average molecular weight is 151 g/mol. The molecule has 0 fully saturated rings.